The van der Waals surface area contributed by atoms with Crippen molar-refractivity contribution in [3.05, 3.63) is 22.3 Å². The van der Waals surface area contributed by atoms with Gasteiger partial charge in [0.15, 0.2) is 6.29 Å². The Morgan fingerprint density at radius 2 is 2.41 bits per heavy atom. The van der Waals surface area contributed by atoms with Crippen LogP contribution in [0.25, 0.3) is 0 Å². The molecule has 5 heteroatoms. The molecule has 1 saturated heterocycles. The van der Waals surface area contributed by atoms with Crippen molar-refractivity contribution in [1.82, 2.24) is 4.98 Å². The molecular weight excluding hydrogens is 284 g/mol. The van der Waals surface area contributed by atoms with Gasteiger partial charge >= 0.3 is 0 Å². The van der Waals surface area contributed by atoms with Crippen molar-refractivity contribution in [2.75, 3.05) is 11.4 Å². The lowest BCUT2D eigenvalue weighted by Crippen LogP contribution is -2.26. The number of carbonyl (C=O) groups excluding carboxylic acids is 2. The molecule has 1 aliphatic heterocycles. The average molecular weight is 293 g/mol. The Labute approximate surface area is 107 Å². The third kappa shape index (κ3) is 2.22. The first-order chi connectivity index (χ1) is 8.15. The van der Waals surface area contributed by atoms with Crippen molar-refractivity contribution in [3.63, 3.8) is 0 Å². The van der Waals surface area contributed by atoms with Crippen molar-refractivity contribution in [2.24, 2.45) is 5.92 Å². The second kappa shape index (κ2) is 4.68. The van der Waals surface area contributed by atoms with Gasteiger partial charge in [-0.05, 0) is 22.0 Å². The maximum Gasteiger partial charge on any atom is 0.229 e. The Kier molecular flexibility index (Phi) is 3.25. The molecule has 1 amide bonds. The number of terminal acetylenes is 1. The van der Waals surface area contributed by atoms with E-state index in [1.165, 1.54) is 4.90 Å². The summed E-state index contributed by atoms with van der Waals surface area (Å²) in [6.45, 7) is 0.421. The van der Waals surface area contributed by atoms with Crippen molar-refractivity contribution >= 4 is 33.9 Å². The van der Waals surface area contributed by atoms with Gasteiger partial charge in [-0.3, -0.25) is 14.5 Å². The zero-order valence-corrected chi connectivity index (χ0v) is 10.5. The highest BCUT2D eigenvalue weighted by molar-refractivity contribution is 9.10. The molecular formula is C12H9BrN2O2. The van der Waals surface area contributed by atoms with Gasteiger partial charge in [0, 0.05) is 29.6 Å². The maximum atomic E-state index is 11.8. The van der Waals surface area contributed by atoms with E-state index in [1.54, 1.807) is 12.3 Å². The Balaban J connectivity index is 2.38. The molecule has 1 unspecified atom stereocenters. The quantitative estimate of drug-likeness (QED) is 0.615. The van der Waals surface area contributed by atoms with Gasteiger partial charge in [-0.1, -0.05) is 0 Å². The van der Waals surface area contributed by atoms with Gasteiger partial charge < -0.3 is 0 Å². The third-order valence-corrected chi connectivity index (χ3v) is 3.04. The highest BCUT2D eigenvalue weighted by Gasteiger charge is 2.31. The zero-order chi connectivity index (χ0) is 12.4. The van der Waals surface area contributed by atoms with Gasteiger partial charge in [0.2, 0.25) is 5.91 Å². The second-order valence-electron chi connectivity index (χ2n) is 3.76. The summed E-state index contributed by atoms with van der Waals surface area (Å²) in [4.78, 5) is 28.3. The molecule has 0 N–H and O–H groups in total. The lowest BCUT2D eigenvalue weighted by Gasteiger charge is -2.16. The number of nitrogens with zero attached hydrogens (tertiary/aromatic N) is 2. The first kappa shape index (κ1) is 11.8. The van der Waals surface area contributed by atoms with Crippen LogP contribution in [0.15, 0.2) is 16.7 Å². The molecule has 1 atom stereocenters. The van der Waals surface area contributed by atoms with Crippen LogP contribution in [0.3, 0.4) is 0 Å². The number of aromatic nitrogens is 1. The van der Waals surface area contributed by atoms with Crippen LogP contribution in [0.2, 0.25) is 0 Å². The van der Waals surface area contributed by atoms with E-state index >= 15 is 0 Å². The summed E-state index contributed by atoms with van der Waals surface area (Å²) in [7, 11) is 0. The van der Waals surface area contributed by atoms with Crippen molar-refractivity contribution in [1.29, 1.82) is 0 Å². The Hall–Kier alpha value is -1.67. The Bertz CT molecular complexity index is 522. The minimum atomic E-state index is -0.104. The number of amides is 1. The maximum absolute atomic E-state index is 11.8. The number of halogens is 1. The van der Waals surface area contributed by atoms with Crippen molar-refractivity contribution < 1.29 is 9.59 Å². The van der Waals surface area contributed by atoms with Gasteiger partial charge in [-0.2, -0.15) is 0 Å². The summed E-state index contributed by atoms with van der Waals surface area (Å²) in [5.41, 5.74) is 0.380. The largest absolute Gasteiger partial charge is 0.298 e. The fraction of sp³-hybridized carbons (Fsp3) is 0.250. The molecule has 17 heavy (non-hydrogen) atoms. The highest BCUT2D eigenvalue weighted by Crippen LogP contribution is 2.26. The van der Waals surface area contributed by atoms with E-state index in [0.29, 0.717) is 35.1 Å². The zero-order valence-electron chi connectivity index (χ0n) is 8.89. The summed E-state index contributed by atoms with van der Waals surface area (Å²) in [5.74, 6) is 2.74. The van der Waals surface area contributed by atoms with Gasteiger partial charge in [0.25, 0.3) is 0 Å². The van der Waals surface area contributed by atoms with Gasteiger partial charge in [0.05, 0.1) is 5.56 Å². The predicted octanol–water partition coefficient (Wildman–Crippen LogP) is 1.64. The first-order valence-electron chi connectivity index (χ1n) is 5.03. The predicted molar refractivity (Wildman–Crippen MR) is 66.6 cm³/mol. The molecule has 0 radical (unpaired) electrons. The molecule has 1 aliphatic rings. The summed E-state index contributed by atoms with van der Waals surface area (Å²) in [6, 6.07) is 1.63. The first-order valence-corrected chi connectivity index (χ1v) is 5.82. The van der Waals surface area contributed by atoms with Crippen LogP contribution < -0.4 is 4.90 Å². The Morgan fingerprint density at radius 3 is 3.00 bits per heavy atom. The van der Waals surface area contributed by atoms with Crippen LogP contribution in [0.1, 0.15) is 16.8 Å². The van der Waals surface area contributed by atoms with Gasteiger partial charge in [0.1, 0.15) is 5.82 Å². The smallest absolute Gasteiger partial charge is 0.229 e. The normalized spacial score (nSPS) is 19.2. The van der Waals surface area contributed by atoms with E-state index in [-0.39, 0.29) is 11.8 Å². The van der Waals surface area contributed by atoms with Crippen LogP contribution in [0.5, 0.6) is 0 Å². The summed E-state index contributed by atoms with van der Waals surface area (Å²) in [6.07, 6.45) is 7.86. The number of carbonyl (C=O) groups is 2. The Morgan fingerprint density at radius 1 is 1.65 bits per heavy atom. The van der Waals surface area contributed by atoms with Crippen molar-refractivity contribution in [3.8, 4) is 12.3 Å². The number of hydrogen-bond acceptors (Lipinski definition) is 3. The van der Waals surface area contributed by atoms with E-state index < -0.39 is 0 Å². The van der Waals surface area contributed by atoms with Crippen LogP contribution in [0.4, 0.5) is 5.82 Å². The summed E-state index contributed by atoms with van der Waals surface area (Å²) in [5, 5.41) is 0. The second-order valence-corrected chi connectivity index (χ2v) is 4.67. The number of anilines is 1. The van der Waals surface area contributed by atoms with E-state index in [0.717, 1.165) is 0 Å². The van der Waals surface area contributed by atoms with Crippen molar-refractivity contribution in [2.45, 2.75) is 6.42 Å². The summed E-state index contributed by atoms with van der Waals surface area (Å²) >= 11 is 3.23. The molecule has 2 heterocycles. The number of aldehydes is 1. The van der Waals surface area contributed by atoms with E-state index in [4.69, 9.17) is 6.42 Å². The molecule has 2 rings (SSSR count). The highest BCUT2D eigenvalue weighted by atomic mass is 79.9. The molecule has 0 spiro atoms. The molecule has 1 fully saturated rings. The van der Waals surface area contributed by atoms with Crippen LogP contribution in [0, 0.1) is 18.3 Å². The fourth-order valence-electron chi connectivity index (χ4n) is 1.78. The molecule has 0 saturated carbocycles. The third-order valence-electron chi connectivity index (χ3n) is 2.61. The monoisotopic (exact) mass is 292 g/mol. The average Bonchev–Trinajstić information content (AvgIpc) is 2.70. The topological polar surface area (TPSA) is 50.3 Å². The molecule has 0 aromatic carbocycles. The van der Waals surface area contributed by atoms with Gasteiger partial charge in [-0.15, -0.1) is 12.3 Å². The lowest BCUT2D eigenvalue weighted by atomic mass is 10.1. The van der Waals surface area contributed by atoms with E-state index in [1.807, 2.05) is 0 Å². The number of rotatable bonds is 2. The molecule has 1 aromatic heterocycles. The minimum absolute atomic E-state index is 0.0918. The van der Waals surface area contributed by atoms with Gasteiger partial charge in [-0.25, -0.2) is 4.98 Å². The summed E-state index contributed by atoms with van der Waals surface area (Å²) < 4.78 is 0.698. The molecule has 4 nitrogen and oxygen atoms in total. The lowest BCUT2D eigenvalue weighted by molar-refractivity contribution is -0.117. The SMILES string of the molecule is C#CC1CC(=O)N(c2ncc(Br)cc2C=O)C1. The molecule has 0 aliphatic carbocycles. The van der Waals surface area contributed by atoms with E-state index in [2.05, 4.69) is 26.8 Å². The van der Waals surface area contributed by atoms with Crippen LogP contribution in [-0.4, -0.2) is 23.7 Å². The standard InChI is InChI=1S/C12H9BrN2O2/c1-2-8-3-11(17)15(6-8)12-9(7-16)4-10(13)5-14-12/h1,4-5,7-8H,3,6H2. The van der Waals surface area contributed by atoms with Crippen LogP contribution >= 0.6 is 15.9 Å². The minimum Gasteiger partial charge on any atom is -0.298 e. The molecule has 0 bridgehead atoms. The number of pyridine rings is 1. The number of hydrogen-bond donors (Lipinski definition) is 0. The van der Waals surface area contributed by atoms with Crippen LogP contribution in [-0.2, 0) is 4.79 Å². The fourth-order valence-corrected chi connectivity index (χ4v) is 2.13. The van der Waals surface area contributed by atoms with E-state index in [9.17, 15) is 9.59 Å². The molecule has 86 valence electrons. The molecule has 1 aromatic rings.